The van der Waals surface area contributed by atoms with E-state index in [0.29, 0.717) is 25.8 Å². The van der Waals surface area contributed by atoms with Gasteiger partial charge in [-0.25, -0.2) is 4.79 Å². The molecule has 2 fully saturated rings. The first-order valence-electron chi connectivity index (χ1n) is 12.1. The molecule has 1 saturated carbocycles. The number of fused-ring (bicyclic) bond motifs is 2. The SMILES string of the molecule is [CH2-][C@@H]1C[C@H]2C(=O)N[C@]3(C(C)=O)C[C@H]3/C=C\CCCCC[C@H](NC(=O)OC(C)(C)C)C(=O)N2C1.[CH3-].[Y]. The van der Waals surface area contributed by atoms with Crippen LogP contribution in [0.4, 0.5) is 4.79 Å². The summed E-state index contributed by atoms with van der Waals surface area (Å²) >= 11 is 0. The van der Waals surface area contributed by atoms with E-state index in [0.717, 1.165) is 25.7 Å². The molecule has 0 bridgehead atoms. The van der Waals surface area contributed by atoms with E-state index in [4.69, 9.17) is 4.74 Å². The van der Waals surface area contributed by atoms with Crippen molar-refractivity contribution in [3.8, 4) is 0 Å². The van der Waals surface area contributed by atoms with E-state index in [1.165, 1.54) is 11.8 Å². The smallest absolute Gasteiger partial charge is 0.408 e. The molecule has 2 N–H and O–H groups in total. The van der Waals surface area contributed by atoms with Gasteiger partial charge in [-0.1, -0.05) is 25.0 Å². The Morgan fingerprint density at radius 3 is 2.54 bits per heavy atom. The maximum absolute atomic E-state index is 13.5. The van der Waals surface area contributed by atoms with Gasteiger partial charge >= 0.3 is 6.09 Å². The first-order valence-corrected chi connectivity index (χ1v) is 12.1. The number of hydrogen-bond donors (Lipinski definition) is 2. The van der Waals surface area contributed by atoms with Gasteiger partial charge in [-0.05, 0) is 66.3 Å². The quantitative estimate of drug-likeness (QED) is 0.396. The second-order valence-corrected chi connectivity index (χ2v) is 10.7. The minimum Gasteiger partial charge on any atom is -0.444 e. The van der Waals surface area contributed by atoms with Crippen molar-refractivity contribution in [2.24, 2.45) is 11.8 Å². The molecule has 0 unspecified atom stereocenters. The van der Waals surface area contributed by atoms with E-state index in [1.54, 1.807) is 20.8 Å². The van der Waals surface area contributed by atoms with Gasteiger partial charge in [0, 0.05) is 38.6 Å². The molecule has 0 spiro atoms. The monoisotopic (exact) mass is 564 g/mol. The fourth-order valence-electron chi connectivity index (χ4n) is 4.83. The Morgan fingerprint density at radius 2 is 1.91 bits per heavy atom. The van der Waals surface area contributed by atoms with Gasteiger partial charge in [0.05, 0.1) is 0 Å². The number of Topliss-reactive ketones (excluding diaryl/α,β-unsaturated/α-hetero) is 1. The molecule has 1 saturated heterocycles. The first-order chi connectivity index (χ1) is 15.4. The molecule has 3 rings (SSSR count). The standard InChI is InChI=1S/C25H38N3O5.CH3.Y/c1-16-13-20-21(30)27-25(17(2)29)14-18(25)11-9-7-6-8-10-12-19(22(31)28(20)15-16)26-23(32)33-24(3,4)5;;/h9,11,16,18-20H,1,6-8,10,12-15H2,2-5H3,(H,26,32)(H,27,30);1H3;/q2*-1;/b11-9-;;/t16-,18-,19+,20+,25+;;/m1../s1. The van der Waals surface area contributed by atoms with Crippen LogP contribution in [0.1, 0.15) is 72.6 Å². The summed E-state index contributed by atoms with van der Waals surface area (Å²) in [7, 11) is 0. The summed E-state index contributed by atoms with van der Waals surface area (Å²) in [5.41, 5.74) is -1.56. The normalized spacial score (nSPS) is 32.2. The van der Waals surface area contributed by atoms with Crippen molar-refractivity contribution >= 4 is 23.7 Å². The Labute approximate surface area is 235 Å². The number of ketones is 1. The third-order valence-electron chi connectivity index (χ3n) is 6.68. The molecule has 0 aromatic heterocycles. The van der Waals surface area contributed by atoms with Crippen LogP contribution in [0.25, 0.3) is 0 Å². The van der Waals surface area contributed by atoms with Crippen LogP contribution in [0.3, 0.4) is 0 Å². The molecule has 3 amide bonds. The number of carbonyl (C=O) groups excluding carboxylic acids is 4. The fourth-order valence-corrected chi connectivity index (χ4v) is 4.83. The molecule has 2 heterocycles. The van der Waals surface area contributed by atoms with Crippen molar-refractivity contribution in [2.75, 3.05) is 6.54 Å². The van der Waals surface area contributed by atoms with Gasteiger partial charge in [-0.3, -0.25) is 14.4 Å². The number of nitrogens with one attached hydrogen (secondary N) is 2. The third kappa shape index (κ3) is 8.11. The molecule has 0 aromatic carbocycles. The zero-order valence-corrected chi connectivity index (χ0v) is 24.7. The number of alkyl carbamates (subject to hydrolysis) is 1. The van der Waals surface area contributed by atoms with Crippen molar-refractivity contribution in [1.29, 1.82) is 0 Å². The van der Waals surface area contributed by atoms with E-state index in [1.807, 2.05) is 6.08 Å². The molecule has 5 atom stereocenters. The Morgan fingerprint density at radius 1 is 1.23 bits per heavy atom. The minimum absolute atomic E-state index is 0. The van der Waals surface area contributed by atoms with Gasteiger partial charge < -0.3 is 34.6 Å². The van der Waals surface area contributed by atoms with Gasteiger partial charge in [0.1, 0.15) is 23.2 Å². The molecule has 9 heteroatoms. The van der Waals surface area contributed by atoms with E-state index >= 15 is 0 Å². The number of amides is 3. The molecular weight excluding hydrogens is 523 g/mol. The van der Waals surface area contributed by atoms with Crippen LogP contribution in [-0.2, 0) is 51.8 Å². The van der Waals surface area contributed by atoms with E-state index < -0.39 is 29.3 Å². The van der Waals surface area contributed by atoms with Crippen LogP contribution in [-0.4, -0.2) is 58.4 Å². The van der Waals surface area contributed by atoms with Crippen molar-refractivity contribution in [1.82, 2.24) is 15.5 Å². The van der Waals surface area contributed by atoms with E-state index in [9.17, 15) is 19.2 Å². The minimum atomic E-state index is -0.879. The van der Waals surface area contributed by atoms with Crippen molar-refractivity contribution < 1.29 is 56.6 Å². The Bertz CT molecular complexity index is 824. The number of nitrogens with zero attached hydrogens (tertiary/aromatic N) is 1. The zero-order valence-electron chi connectivity index (χ0n) is 21.9. The Hall–Kier alpha value is -1.28. The van der Waals surface area contributed by atoms with Gasteiger partial charge in [0.25, 0.3) is 0 Å². The predicted octanol–water partition coefficient (Wildman–Crippen LogP) is 3.36. The average molecular weight is 565 g/mol. The summed E-state index contributed by atoms with van der Waals surface area (Å²) in [4.78, 5) is 53.2. The molecule has 0 aromatic rings. The van der Waals surface area contributed by atoms with Crippen LogP contribution in [0, 0.1) is 26.2 Å². The second-order valence-electron chi connectivity index (χ2n) is 10.7. The van der Waals surface area contributed by atoms with Crippen molar-refractivity contribution in [3.63, 3.8) is 0 Å². The molecule has 8 nitrogen and oxygen atoms in total. The molecule has 3 aliphatic rings. The van der Waals surface area contributed by atoms with Crippen molar-refractivity contribution in [3.05, 3.63) is 26.5 Å². The van der Waals surface area contributed by atoms with Gasteiger partial charge in [-0.15, -0.1) is 5.92 Å². The van der Waals surface area contributed by atoms with Gasteiger partial charge in [0.15, 0.2) is 5.78 Å². The molecule has 35 heavy (non-hydrogen) atoms. The Kier molecular flexibility index (Phi) is 11.6. The van der Waals surface area contributed by atoms with Crippen LogP contribution in [0.5, 0.6) is 0 Å². The van der Waals surface area contributed by atoms with E-state index in [-0.39, 0.29) is 69.6 Å². The van der Waals surface area contributed by atoms with E-state index in [2.05, 4.69) is 23.6 Å². The maximum Gasteiger partial charge on any atom is 0.408 e. The summed E-state index contributed by atoms with van der Waals surface area (Å²) in [5.74, 6) is -0.808. The average Bonchev–Trinajstić information content (AvgIpc) is 3.25. The third-order valence-corrected chi connectivity index (χ3v) is 6.68. The zero-order chi connectivity index (χ0) is 24.4. The summed E-state index contributed by atoms with van der Waals surface area (Å²) in [5, 5.41) is 5.69. The summed E-state index contributed by atoms with van der Waals surface area (Å²) < 4.78 is 5.37. The molecule has 1 aliphatic carbocycles. The summed E-state index contributed by atoms with van der Waals surface area (Å²) in [6, 6.07) is -1.49. The van der Waals surface area contributed by atoms with Crippen LogP contribution in [0.15, 0.2) is 12.2 Å². The van der Waals surface area contributed by atoms with Gasteiger partial charge in [-0.2, -0.15) is 0 Å². The largest absolute Gasteiger partial charge is 0.444 e. The number of hydrogen-bond acceptors (Lipinski definition) is 5. The summed E-state index contributed by atoms with van der Waals surface area (Å²) in [6.07, 6.45) is 8.43. The predicted molar refractivity (Wildman–Crippen MR) is 130 cm³/mol. The van der Waals surface area contributed by atoms with Crippen LogP contribution in [0.2, 0.25) is 0 Å². The number of rotatable bonds is 2. The molecule has 195 valence electrons. The number of allylic oxidation sites excluding steroid dienone is 1. The second kappa shape index (κ2) is 12.8. The molecular formula is C26H41N3O5Y-2. The van der Waals surface area contributed by atoms with Crippen LogP contribution < -0.4 is 10.6 Å². The van der Waals surface area contributed by atoms with Gasteiger partial charge in [0.2, 0.25) is 11.8 Å². The van der Waals surface area contributed by atoms with Crippen LogP contribution >= 0.6 is 0 Å². The topological polar surface area (TPSA) is 105 Å². The Balaban J connectivity index is 0.00000306. The fraction of sp³-hybridized carbons (Fsp3) is 0.692. The first kappa shape index (κ1) is 31.8. The summed E-state index contributed by atoms with van der Waals surface area (Å²) in [6.45, 7) is 11.2. The molecule has 2 aliphatic heterocycles. The number of carbonyl (C=O) groups is 4. The van der Waals surface area contributed by atoms with Crippen molar-refractivity contribution in [2.45, 2.75) is 95.9 Å². The maximum atomic E-state index is 13.5. The number of ether oxygens (including phenoxy) is 1. The molecule has 1 radical (unpaired) electrons.